The highest BCUT2D eigenvalue weighted by Gasteiger charge is 2.53. The first-order valence-electron chi connectivity index (χ1n) is 15.7. The van der Waals surface area contributed by atoms with E-state index in [1.165, 1.54) is 49.6 Å². The second kappa shape index (κ2) is 7.74. The van der Waals surface area contributed by atoms with Crippen LogP contribution in [-0.2, 0) is 10.8 Å². The molecule has 0 N–H and O–H groups in total. The summed E-state index contributed by atoms with van der Waals surface area (Å²) in [6, 6.07) is 28.7. The monoisotopic (exact) mass is 571 g/mol. The Labute approximate surface area is 258 Å². The molecule has 4 nitrogen and oxygen atoms in total. The van der Waals surface area contributed by atoms with Gasteiger partial charge in [-0.2, -0.15) is 0 Å². The number of anilines is 3. The minimum Gasteiger partial charge on any atom is -0.458 e. The molecule has 10 rings (SSSR count). The van der Waals surface area contributed by atoms with Crippen molar-refractivity contribution in [1.29, 1.82) is 0 Å². The molecule has 0 fully saturated rings. The zero-order chi connectivity index (χ0) is 29.9. The fraction of sp³-hybridized carbons (Fsp3) is 0.211. The molecule has 0 saturated carbocycles. The van der Waals surface area contributed by atoms with Crippen LogP contribution in [-0.4, -0.2) is 13.4 Å². The average Bonchev–Trinajstić information content (AvgIpc) is 2.99. The summed E-state index contributed by atoms with van der Waals surface area (Å²) < 4.78 is 20.4. The zero-order valence-corrected chi connectivity index (χ0v) is 25.8. The highest BCUT2D eigenvalue weighted by Crippen LogP contribution is 2.54. The molecule has 0 atom stereocenters. The third-order valence-corrected chi connectivity index (χ3v) is 10.3. The van der Waals surface area contributed by atoms with Crippen LogP contribution in [0.15, 0.2) is 78.9 Å². The Morgan fingerprint density at radius 3 is 1.36 bits per heavy atom. The molecule has 5 aliphatic heterocycles. The molecule has 0 unspecified atom stereocenters. The highest BCUT2D eigenvalue weighted by molar-refractivity contribution is 7.03. The van der Waals surface area contributed by atoms with Gasteiger partial charge in [0.05, 0.1) is 11.4 Å². The summed E-state index contributed by atoms with van der Waals surface area (Å²) in [7, 11) is 0. The molecule has 0 bridgehead atoms. The van der Waals surface area contributed by atoms with Gasteiger partial charge in [-0.1, -0.05) is 90.1 Å². The van der Waals surface area contributed by atoms with Gasteiger partial charge >= 0.3 is 0 Å². The van der Waals surface area contributed by atoms with Crippen molar-refractivity contribution in [2.45, 2.75) is 52.4 Å². The standard InChI is InChI=1S/C38H31B2NO3/c1-37(2,3)20-13-15-26-24(17-20)39-22-9-7-11-28-34(22)41-35-23(10-8-12-29(35)44-28)40-25-18-21(38(4,5)6)14-16-27(25)43-31-19-30(42-26)32(39)36(41)33(31)40/h7-19H,1-6H3. The number of benzene rings is 5. The number of hydrogen-bond acceptors (Lipinski definition) is 4. The Bertz CT molecular complexity index is 2010. The summed E-state index contributed by atoms with van der Waals surface area (Å²) in [5, 5.41) is 0. The summed E-state index contributed by atoms with van der Waals surface area (Å²) in [4.78, 5) is 2.47. The van der Waals surface area contributed by atoms with Crippen molar-refractivity contribution < 1.29 is 14.2 Å². The van der Waals surface area contributed by atoms with Crippen LogP contribution in [0, 0.1) is 0 Å². The molecular weight excluding hydrogens is 540 g/mol. The maximum atomic E-state index is 6.83. The first kappa shape index (κ1) is 24.8. The molecule has 0 saturated heterocycles. The normalized spacial score (nSPS) is 15.5. The van der Waals surface area contributed by atoms with Crippen LogP contribution >= 0.6 is 0 Å². The molecule has 0 radical (unpaired) electrons. The lowest BCUT2D eigenvalue weighted by atomic mass is 9.29. The molecule has 0 amide bonds. The van der Waals surface area contributed by atoms with E-state index in [0.29, 0.717) is 0 Å². The Hall–Kier alpha value is -4.57. The lowest BCUT2D eigenvalue weighted by Crippen LogP contribution is -2.67. The van der Waals surface area contributed by atoms with E-state index in [-0.39, 0.29) is 24.3 Å². The van der Waals surface area contributed by atoms with E-state index in [2.05, 4.69) is 125 Å². The maximum absolute atomic E-state index is 6.83. The third-order valence-electron chi connectivity index (χ3n) is 10.3. The zero-order valence-electron chi connectivity index (χ0n) is 25.8. The van der Waals surface area contributed by atoms with E-state index >= 15 is 0 Å². The molecule has 212 valence electrons. The Balaban J connectivity index is 1.33. The number of hydrogen-bond donors (Lipinski definition) is 0. The topological polar surface area (TPSA) is 30.9 Å². The molecule has 0 spiro atoms. The quantitative estimate of drug-likeness (QED) is 0.218. The highest BCUT2D eigenvalue weighted by atomic mass is 16.5. The second-order valence-corrected chi connectivity index (χ2v) is 14.9. The van der Waals surface area contributed by atoms with Gasteiger partial charge in [-0.25, -0.2) is 0 Å². The third kappa shape index (κ3) is 2.97. The average molecular weight is 571 g/mol. The predicted octanol–water partition coefficient (Wildman–Crippen LogP) is 5.73. The molecule has 5 aromatic rings. The Kier molecular flexibility index (Phi) is 4.36. The first-order chi connectivity index (χ1) is 21.1. The van der Waals surface area contributed by atoms with Gasteiger partial charge in [0.25, 0.3) is 13.4 Å². The van der Waals surface area contributed by atoms with Crippen LogP contribution in [0.25, 0.3) is 0 Å². The molecule has 5 aromatic carbocycles. The lowest BCUT2D eigenvalue weighted by Gasteiger charge is -2.49. The number of para-hydroxylation sites is 2. The maximum Gasteiger partial charge on any atom is 0.256 e. The van der Waals surface area contributed by atoms with E-state index in [1.54, 1.807) is 0 Å². The largest absolute Gasteiger partial charge is 0.458 e. The number of fused-ring (bicyclic) bond motifs is 6. The lowest BCUT2D eigenvalue weighted by molar-refractivity contribution is 0.463. The van der Waals surface area contributed by atoms with E-state index in [4.69, 9.17) is 14.2 Å². The fourth-order valence-corrected chi connectivity index (χ4v) is 8.12. The van der Waals surface area contributed by atoms with Gasteiger partial charge in [-0.3, -0.25) is 0 Å². The SMILES string of the molecule is CC(C)(C)c1ccc2c(c1)B1c3cccc4c3N3c5c(cccc5B5c6cc(C(C)(C)C)ccc6Oc6cc(c1c3c65)O2)O4. The van der Waals surface area contributed by atoms with Crippen LogP contribution in [0.2, 0.25) is 0 Å². The van der Waals surface area contributed by atoms with Gasteiger partial charge in [0.2, 0.25) is 0 Å². The molecule has 5 heterocycles. The van der Waals surface area contributed by atoms with Crippen LogP contribution in [0.1, 0.15) is 52.7 Å². The van der Waals surface area contributed by atoms with Gasteiger partial charge in [0.15, 0.2) is 11.5 Å². The minimum atomic E-state index is 0.0145. The molecule has 0 aliphatic carbocycles. The van der Waals surface area contributed by atoms with E-state index in [0.717, 1.165) is 45.9 Å². The van der Waals surface area contributed by atoms with Crippen LogP contribution in [0.4, 0.5) is 17.1 Å². The van der Waals surface area contributed by atoms with Crippen molar-refractivity contribution in [1.82, 2.24) is 0 Å². The molecular formula is C38H31B2NO3. The van der Waals surface area contributed by atoms with Gasteiger partial charge in [0.1, 0.15) is 23.0 Å². The van der Waals surface area contributed by atoms with Gasteiger partial charge in [-0.05, 0) is 79.0 Å². The Morgan fingerprint density at radius 1 is 0.455 bits per heavy atom. The van der Waals surface area contributed by atoms with E-state index in [9.17, 15) is 0 Å². The molecule has 5 aliphatic rings. The van der Waals surface area contributed by atoms with Crippen molar-refractivity contribution in [3.8, 4) is 34.5 Å². The van der Waals surface area contributed by atoms with Crippen molar-refractivity contribution in [2.24, 2.45) is 0 Å². The van der Waals surface area contributed by atoms with Crippen LogP contribution < -0.4 is 51.9 Å². The summed E-state index contributed by atoms with van der Waals surface area (Å²) in [5.41, 5.74) is 13.4. The molecule has 0 aromatic heterocycles. The predicted molar refractivity (Wildman–Crippen MR) is 181 cm³/mol. The second-order valence-electron chi connectivity index (χ2n) is 14.9. The van der Waals surface area contributed by atoms with Gasteiger partial charge in [0, 0.05) is 11.8 Å². The van der Waals surface area contributed by atoms with Crippen molar-refractivity contribution in [3.63, 3.8) is 0 Å². The van der Waals surface area contributed by atoms with Crippen molar-refractivity contribution >= 4 is 63.3 Å². The summed E-state index contributed by atoms with van der Waals surface area (Å²) in [5.74, 6) is 5.34. The van der Waals surface area contributed by atoms with Gasteiger partial charge in [-0.15, -0.1) is 0 Å². The molecule has 44 heavy (non-hydrogen) atoms. The first-order valence-corrected chi connectivity index (χ1v) is 15.7. The van der Waals surface area contributed by atoms with Gasteiger partial charge < -0.3 is 19.1 Å². The fourth-order valence-electron chi connectivity index (χ4n) is 8.12. The van der Waals surface area contributed by atoms with Crippen molar-refractivity contribution in [3.05, 3.63) is 90.0 Å². The van der Waals surface area contributed by atoms with Crippen LogP contribution in [0.5, 0.6) is 34.5 Å². The summed E-state index contributed by atoms with van der Waals surface area (Å²) in [6.45, 7) is 13.7. The summed E-state index contributed by atoms with van der Waals surface area (Å²) >= 11 is 0. The number of ether oxygens (including phenoxy) is 3. The molecule has 6 heteroatoms. The number of rotatable bonds is 0. The summed E-state index contributed by atoms with van der Waals surface area (Å²) in [6.07, 6.45) is 0. The van der Waals surface area contributed by atoms with Crippen molar-refractivity contribution in [2.75, 3.05) is 4.90 Å². The van der Waals surface area contributed by atoms with Crippen LogP contribution in [0.3, 0.4) is 0 Å². The van der Waals surface area contributed by atoms with E-state index in [1.807, 2.05) is 0 Å². The number of nitrogens with zero attached hydrogens (tertiary/aromatic N) is 1. The smallest absolute Gasteiger partial charge is 0.256 e. The van der Waals surface area contributed by atoms with E-state index < -0.39 is 0 Å². The Morgan fingerprint density at radius 2 is 0.909 bits per heavy atom. The minimum absolute atomic E-state index is 0.0145.